The van der Waals surface area contributed by atoms with E-state index in [0.717, 1.165) is 6.07 Å². The average Bonchev–Trinajstić information content (AvgIpc) is 2.81. The van der Waals surface area contributed by atoms with Gasteiger partial charge in [-0.3, -0.25) is 15.5 Å². The maximum atomic E-state index is 13.0. The van der Waals surface area contributed by atoms with Gasteiger partial charge in [-0.2, -0.15) is 9.41 Å². The standard InChI is InChI=1S/C23H23ClN4O5S/c1-3-27(4-2)34(31,32)23-15-19(28(29)30)10-13-22(23)26-25-16-17-6-5-7-21(14-17)33-20-11-8-18(24)9-12-20/h5-16,26H,3-4H2,1-2H3/b25-16-. The molecule has 1 N–H and O–H groups in total. The summed E-state index contributed by atoms with van der Waals surface area (Å²) in [5, 5.41) is 15.9. The molecule has 0 fully saturated rings. The largest absolute Gasteiger partial charge is 0.457 e. The summed E-state index contributed by atoms with van der Waals surface area (Å²) >= 11 is 5.89. The molecule has 0 radical (unpaired) electrons. The van der Waals surface area contributed by atoms with E-state index in [9.17, 15) is 18.5 Å². The third-order valence-electron chi connectivity index (χ3n) is 4.81. The Morgan fingerprint density at radius 2 is 1.76 bits per heavy atom. The van der Waals surface area contributed by atoms with Crippen LogP contribution in [0.3, 0.4) is 0 Å². The first-order chi connectivity index (χ1) is 16.2. The highest BCUT2D eigenvalue weighted by atomic mass is 35.5. The lowest BCUT2D eigenvalue weighted by Crippen LogP contribution is -2.31. The van der Waals surface area contributed by atoms with Crippen LogP contribution in [0.4, 0.5) is 11.4 Å². The summed E-state index contributed by atoms with van der Waals surface area (Å²) in [6, 6.07) is 17.6. The molecule has 0 saturated carbocycles. The van der Waals surface area contributed by atoms with Crippen molar-refractivity contribution in [2.24, 2.45) is 5.10 Å². The highest BCUT2D eigenvalue weighted by Gasteiger charge is 2.27. The number of benzene rings is 3. The van der Waals surface area contributed by atoms with Crippen molar-refractivity contribution in [2.75, 3.05) is 18.5 Å². The van der Waals surface area contributed by atoms with Crippen molar-refractivity contribution in [1.82, 2.24) is 4.31 Å². The first-order valence-electron chi connectivity index (χ1n) is 10.4. The number of non-ortho nitro benzene ring substituents is 1. The van der Waals surface area contributed by atoms with E-state index >= 15 is 0 Å². The van der Waals surface area contributed by atoms with Crippen molar-refractivity contribution in [3.8, 4) is 11.5 Å². The number of hydrogen-bond acceptors (Lipinski definition) is 7. The van der Waals surface area contributed by atoms with Crippen LogP contribution in [0.25, 0.3) is 0 Å². The molecule has 0 aliphatic carbocycles. The van der Waals surface area contributed by atoms with E-state index in [-0.39, 0.29) is 29.4 Å². The number of hydrazone groups is 1. The Hall–Kier alpha value is -3.47. The molecule has 9 nitrogen and oxygen atoms in total. The quantitative estimate of drug-likeness (QED) is 0.222. The molecule has 11 heteroatoms. The summed E-state index contributed by atoms with van der Waals surface area (Å²) in [5.74, 6) is 1.19. The predicted molar refractivity (Wildman–Crippen MR) is 132 cm³/mol. The highest BCUT2D eigenvalue weighted by molar-refractivity contribution is 7.89. The van der Waals surface area contributed by atoms with Crippen LogP contribution in [-0.4, -0.2) is 37.0 Å². The summed E-state index contributed by atoms with van der Waals surface area (Å²) < 4.78 is 33.1. The van der Waals surface area contributed by atoms with Gasteiger partial charge in [0, 0.05) is 30.2 Å². The Labute approximate surface area is 202 Å². The van der Waals surface area contributed by atoms with Crippen LogP contribution in [0.15, 0.2) is 76.7 Å². The minimum absolute atomic E-state index is 0.127. The number of nitrogens with zero attached hydrogens (tertiary/aromatic N) is 3. The van der Waals surface area contributed by atoms with Gasteiger partial charge in [-0.05, 0) is 48.0 Å². The van der Waals surface area contributed by atoms with Crippen LogP contribution in [0, 0.1) is 10.1 Å². The number of rotatable bonds is 10. The Kier molecular flexibility index (Phi) is 8.21. The van der Waals surface area contributed by atoms with Gasteiger partial charge in [-0.1, -0.05) is 37.6 Å². The molecule has 3 rings (SSSR count). The van der Waals surface area contributed by atoms with Crippen LogP contribution < -0.4 is 10.2 Å². The third-order valence-corrected chi connectivity index (χ3v) is 7.15. The fraction of sp³-hybridized carbons (Fsp3) is 0.174. The van der Waals surface area contributed by atoms with Crippen molar-refractivity contribution < 1.29 is 18.1 Å². The molecular formula is C23H23ClN4O5S. The van der Waals surface area contributed by atoms with Crippen molar-refractivity contribution in [1.29, 1.82) is 0 Å². The molecule has 3 aromatic rings. The van der Waals surface area contributed by atoms with Gasteiger partial charge in [0.2, 0.25) is 10.0 Å². The first-order valence-corrected chi connectivity index (χ1v) is 12.2. The summed E-state index contributed by atoms with van der Waals surface area (Å²) in [6.45, 7) is 3.85. The number of nitro benzene ring substituents is 1. The second-order valence-corrected chi connectivity index (χ2v) is 9.37. The molecule has 0 spiro atoms. The summed E-state index contributed by atoms with van der Waals surface area (Å²) in [4.78, 5) is 10.3. The molecule has 34 heavy (non-hydrogen) atoms. The Morgan fingerprint density at radius 1 is 1.06 bits per heavy atom. The van der Waals surface area contributed by atoms with Crippen LogP contribution in [0.5, 0.6) is 11.5 Å². The van der Waals surface area contributed by atoms with Crippen molar-refractivity contribution in [2.45, 2.75) is 18.7 Å². The zero-order valence-corrected chi connectivity index (χ0v) is 20.1. The fourth-order valence-corrected chi connectivity index (χ4v) is 4.85. The smallest absolute Gasteiger partial charge is 0.270 e. The SMILES string of the molecule is CCN(CC)S(=O)(=O)c1cc([N+](=O)[O-])ccc1N/N=C\c1cccc(Oc2ccc(Cl)cc2)c1. The van der Waals surface area contributed by atoms with E-state index in [0.29, 0.717) is 22.1 Å². The summed E-state index contributed by atoms with van der Waals surface area (Å²) in [6.07, 6.45) is 1.49. The van der Waals surface area contributed by atoms with Crippen LogP contribution in [0.1, 0.15) is 19.4 Å². The molecule has 0 unspecified atom stereocenters. The van der Waals surface area contributed by atoms with Crippen molar-refractivity contribution in [3.05, 3.63) is 87.4 Å². The van der Waals surface area contributed by atoms with Crippen LogP contribution in [-0.2, 0) is 10.0 Å². The third kappa shape index (κ3) is 6.10. The van der Waals surface area contributed by atoms with Crippen LogP contribution in [0.2, 0.25) is 5.02 Å². The van der Waals surface area contributed by atoms with E-state index < -0.39 is 14.9 Å². The minimum Gasteiger partial charge on any atom is -0.457 e. The summed E-state index contributed by atoms with van der Waals surface area (Å²) in [5.41, 5.74) is 3.19. The first kappa shape index (κ1) is 25.2. The van der Waals surface area contributed by atoms with E-state index in [1.54, 1.807) is 62.4 Å². The van der Waals surface area contributed by atoms with E-state index in [1.807, 2.05) is 0 Å². The molecular weight excluding hydrogens is 480 g/mol. The van der Waals surface area contributed by atoms with Gasteiger partial charge in [0.15, 0.2) is 0 Å². The Bertz CT molecular complexity index is 1290. The average molecular weight is 503 g/mol. The maximum Gasteiger partial charge on any atom is 0.270 e. The number of hydrogen-bond donors (Lipinski definition) is 1. The zero-order chi connectivity index (χ0) is 24.7. The molecule has 0 atom stereocenters. The molecule has 178 valence electrons. The number of halogens is 1. The molecule has 0 aromatic heterocycles. The van der Waals surface area contributed by atoms with Gasteiger partial charge in [-0.25, -0.2) is 8.42 Å². The number of ether oxygens (including phenoxy) is 1. The Balaban J connectivity index is 1.84. The van der Waals surface area contributed by atoms with Gasteiger partial charge in [0.1, 0.15) is 16.4 Å². The van der Waals surface area contributed by atoms with Gasteiger partial charge in [-0.15, -0.1) is 0 Å². The maximum absolute atomic E-state index is 13.0. The summed E-state index contributed by atoms with van der Waals surface area (Å²) in [7, 11) is -3.96. The lowest BCUT2D eigenvalue weighted by molar-refractivity contribution is -0.385. The molecule has 0 amide bonds. The predicted octanol–water partition coefficient (Wildman–Crippen LogP) is 5.52. The molecule has 3 aromatic carbocycles. The molecule has 0 saturated heterocycles. The van der Waals surface area contributed by atoms with Gasteiger partial charge >= 0.3 is 0 Å². The molecule has 0 aliphatic heterocycles. The van der Waals surface area contributed by atoms with E-state index in [4.69, 9.17) is 16.3 Å². The monoisotopic (exact) mass is 502 g/mol. The molecule has 0 heterocycles. The van der Waals surface area contributed by atoms with E-state index in [1.165, 1.54) is 22.7 Å². The number of anilines is 1. The van der Waals surface area contributed by atoms with E-state index in [2.05, 4.69) is 10.5 Å². The lowest BCUT2D eigenvalue weighted by Gasteiger charge is -2.20. The number of nitrogens with one attached hydrogen (secondary N) is 1. The van der Waals surface area contributed by atoms with Crippen LogP contribution >= 0.6 is 11.6 Å². The number of nitro groups is 1. The lowest BCUT2D eigenvalue weighted by atomic mass is 10.2. The topological polar surface area (TPSA) is 114 Å². The minimum atomic E-state index is -3.96. The number of sulfonamides is 1. The van der Waals surface area contributed by atoms with Gasteiger partial charge in [0.25, 0.3) is 5.69 Å². The zero-order valence-electron chi connectivity index (χ0n) is 18.5. The molecule has 0 bridgehead atoms. The second kappa shape index (κ2) is 11.1. The fourth-order valence-electron chi connectivity index (χ4n) is 3.11. The van der Waals surface area contributed by atoms with Gasteiger partial charge < -0.3 is 4.74 Å². The van der Waals surface area contributed by atoms with Crippen molar-refractivity contribution >= 4 is 39.2 Å². The normalized spacial score (nSPS) is 11.6. The Morgan fingerprint density at radius 3 is 2.41 bits per heavy atom. The second-order valence-electron chi connectivity index (χ2n) is 7.03. The van der Waals surface area contributed by atoms with Crippen molar-refractivity contribution in [3.63, 3.8) is 0 Å². The highest BCUT2D eigenvalue weighted by Crippen LogP contribution is 2.29. The molecule has 0 aliphatic rings. The van der Waals surface area contributed by atoms with Gasteiger partial charge in [0.05, 0.1) is 16.8 Å².